The van der Waals surface area contributed by atoms with Crippen molar-refractivity contribution in [2.45, 2.75) is 56.5 Å². The predicted octanol–water partition coefficient (Wildman–Crippen LogP) is 4.10. The molecule has 32 heavy (non-hydrogen) atoms. The molecule has 0 bridgehead atoms. The normalized spacial score (nSPS) is 19.9. The predicted molar refractivity (Wildman–Crippen MR) is 131 cm³/mol. The molecule has 0 aliphatic carbocycles. The molecule has 0 spiro atoms. The monoisotopic (exact) mass is 453 g/mol. The highest BCUT2D eigenvalue weighted by Gasteiger charge is 2.22. The number of rotatable bonds is 6. The van der Waals surface area contributed by atoms with E-state index in [1.54, 1.807) is 11.8 Å². The lowest BCUT2D eigenvalue weighted by atomic mass is 10.0. The van der Waals surface area contributed by atoms with Crippen LogP contribution in [0.25, 0.3) is 0 Å². The molecule has 2 saturated heterocycles. The average Bonchev–Trinajstić information content (AvgIpc) is 2.83. The number of likely N-dealkylation sites (N-methyl/N-ethyl adjacent to an activating group) is 1. The van der Waals surface area contributed by atoms with E-state index in [4.69, 9.17) is 9.97 Å². The molecule has 1 aromatic carbocycles. The maximum absolute atomic E-state index is 12.8. The Hall–Kier alpha value is -2.12. The van der Waals surface area contributed by atoms with Gasteiger partial charge in [-0.1, -0.05) is 30.8 Å². The van der Waals surface area contributed by atoms with Gasteiger partial charge in [0.15, 0.2) is 5.16 Å². The van der Waals surface area contributed by atoms with Gasteiger partial charge in [0, 0.05) is 61.8 Å². The van der Waals surface area contributed by atoms with Crippen molar-refractivity contribution in [1.29, 1.82) is 0 Å². The zero-order valence-electron chi connectivity index (χ0n) is 19.6. The summed E-state index contributed by atoms with van der Waals surface area (Å²) in [5.41, 5.74) is 3.06. The van der Waals surface area contributed by atoms with Gasteiger partial charge in [0.1, 0.15) is 5.82 Å². The fourth-order valence-corrected chi connectivity index (χ4v) is 5.20. The van der Waals surface area contributed by atoms with Crippen molar-refractivity contribution in [3.8, 4) is 0 Å². The van der Waals surface area contributed by atoms with Gasteiger partial charge in [-0.05, 0) is 57.4 Å². The molecular formula is C25H35N5OS. The first kappa shape index (κ1) is 23.1. The van der Waals surface area contributed by atoms with Crippen molar-refractivity contribution in [3.05, 3.63) is 47.2 Å². The topological polar surface area (TPSA) is 52.6 Å². The number of nitrogens with zero attached hydrogens (tertiary/aromatic N) is 5. The molecule has 1 amide bonds. The van der Waals surface area contributed by atoms with Crippen LogP contribution in [0, 0.1) is 0 Å². The van der Waals surface area contributed by atoms with E-state index in [1.165, 1.54) is 24.8 Å². The number of benzene rings is 1. The fourth-order valence-electron chi connectivity index (χ4n) is 4.37. The zero-order valence-corrected chi connectivity index (χ0v) is 20.4. The van der Waals surface area contributed by atoms with E-state index >= 15 is 0 Å². The maximum Gasteiger partial charge on any atom is 0.253 e. The minimum Gasteiger partial charge on any atom is -0.354 e. The summed E-state index contributed by atoms with van der Waals surface area (Å²) in [7, 11) is 2.10. The van der Waals surface area contributed by atoms with Crippen LogP contribution in [0.2, 0.25) is 0 Å². The van der Waals surface area contributed by atoms with Crippen LogP contribution in [-0.2, 0) is 12.2 Å². The largest absolute Gasteiger partial charge is 0.354 e. The summed E-state index contributed by atoms with van der Waals surface area (Å²) in [6.07, 6.45) is 4.68. The van der Waals surface area contributed by atoms with E-state index < -0.39 is 0 Å². The first-order valence-electron chi connectivity index (χ1n) is 11.9. The second-order valence-corrected chi connectivity index (χ2v) is 9.92. The van der Waals surface area contributed by atoms with Crippen LogP contribution in [0.5, 0.6) is 0 Å². The second-order valence-electron chi connectivity index (χ2n) is 8.97. The number of carbonyl (C=O) groups is 1. The molecular weight excluding hydrogens is 418 g/mol. The third-order valence-corrected chi connectivity index (χ3v) is 7.48. The molecule has 3 heterocycles. The molecule has 0 radical (unpaired) electrons. The molecule has 0 saturated carbocycles. The molecule has 2 fully saturated rings. The van der Waals surface area contributed by atoms with Crippen LogP contribution in [0.3, 0.4) is 0 Å². The van der Waals surface area contributed by atoms with Gasteiger partial charge < -0.3 is 14.7 Å². The van der Waals surface area contributed by atoms with Crippen LogP contribution in [0.15, 0.2) is 35.5 Å². The summed E-state index contributed by atoms with van der Waals surface area (Å²) >= 11 is 1.68. The lowest BCUT2D eigenvalue weighted by Crippen LogP contribution is -2.47. The highest BCUT2D eigenvalue weighted by atomic mass is 32.2. The smallest absolute Gasteiger partial charge is 0.253 e. The van der Waals surface area contributed by atoms with Gasteiger partial charge in [-0.25, -0.2) is 9.97 Å². The number of anilines is 1. The third kappa shape index (κ3) is 5.62. The van der Waals surface area contributed by atoms with E-state index in [0.29, 0.717) is 6.04 Å². The number of aromatic nitrogens is 2. The zero-order chi connectivity index (χ0) is 22.5. The quantitative estimate of drug-likeness (QED) is 0.485. The van der Waals surface area contributed by atoms with Crippen molar-refractivity contribution in [2.24, 2.45) is 0 Å². The van der Waals surface area contributed by atoms with Gasteiger partial charge in [0.2, 0.25) is 0 Å². The van der Waals surface area contributed by atoms with Crippen molar-refractivity contribution < 1.29 is 4.79 Å². The Morgan fingerprint density at radius 3 is 2.50 bits per heavy atom. The van der Waals surface area contributed by atoms with Gasteiger partial charge >= 0.3 is 0 Å². The van der Waals surface area contributed by atoms with Gasteiger partial charge in [-0.15, -0.1) is 0 Å². The second kappa shape index (κ2) is 10.7. The van der Waals surface area contributed by atoms with E-state index in [2.05, 4.69) is 48.9 Å². The Labute approximate surface area is 196 Å². The molecule has 2 aliphatic heterocycles. The third-order valence-electron chi connectivity index (χ3n) is 6.56. The number of carbonyl (C=O) groups excluding carboxylic acids is 1. The number of piperidine rings is 1. The van der Waals surface area contributed by atoms with E-state index in [-0.39, 0.29) is 5.91 Å². The van der Waals surface area contributed by atoms with Crippen LogP contribution in [0.1, 0.15) is 54.7 Å². The standard InChI is InChI=1S/C25H35N5OS/c1-4-22-17-23(30-12-6-5-7-19(30)2)27-25(26-22)32-18-20-8-10-21(11-9-20)24(31)29-15-13-28(3)14-16-29/h8-11,17,19H,4-7,12-16,18H2,1-3H3/t19-/m0/s1. The van der Waals surface area contributed by atoms with Crippen LogP contribution in [-0.4, -0.2) is 71.5 Å². The van der Waals surface area contributed by atoms with Gasteiger partial charge in [0.25, 0.3) is 5.91 Å². The summed E-state index contributed by atoms with van der Waals surface area (Å²) in [5.74, 6) is 2.00. The summed E-state index contributed by atoms with van der Waals surface area (Å²) in [5, 5.41) is 0.842. The number of aryl methyl sites for hydroxylation is 1. The number of piperazine rings is 1. The van der Waals surface area contributed by atoms with Crippen LogP contribution in [0.4, 0.5) is 5.82 Å². The SMILES string of the molecule is CCc1cc(N2CCCC[C@@H]2C)nc(SCc2ccc(C(=O)N3CCN(C)CC3)cc2)n1. The Bertz CT molecular complexity index is 911. The number of hydrogen-bond acceptors (Lipinski definition) is 6. The lowest BCUT2D eigenvalue weighted by molar-refractivity contribution is 0.0664. The van der Waals surface area contributed by atoms with Crippen molar-refractivity contribution in [3.63, 3.8) is 0 Å². The molecule has 1 atom stereocenters. The Morgan fingerprint density at radius 2 is 1.81 bits per heavy atom. The minimum absolute atomic E-state index is 0.136. The molecule has 6 nitrogen and oxygen atoms in total. The average molecular weight is 454 g/mol. The summed E-state index contributed by atoms with van der Waals surface area (Å²) in [6, 6.07) is 10.7. The summed E-state index contributed by atoms with van der Waals surface area (Å²) in [6.45, 7) is 9.01. The van der Waals surface area contributed by atoms with E-state index in [0.717, 1.165) is 67.1 Å². The summed E-state index contributed by atoms with van der Waals surface area (Å²) < 4.78 is 0. The molecule has 0 unspecified atom stereocenters. The van der Waals surface area contributed by atoms with Crippen LogP contribution < -0.4 is 4.90 Å². The molecule has 4 rings (SSSR count). The molecule has 7 heteroatoms. The van der Waals surface area contributed by atoms with Gasteiger partial charge in [0.05, 0.1) is 0 Å². The number of amides is 1. The van der Waals surface area contributed by atoms with Crippen molar-refractivity contribution >= 4 is 23.5 Å². The molecule has 1 aromatic heterocycles. The number of hydrogen-bond donors (Lipinski definition) is 0. The van der Waals surface area contributed by atoms with Crippen molar-refractivity contribution in [1.82, 2.24) is 19.8 Å². The van der Waals surface area contributed by atoms with Gasteiger partial charge in [-0.3, -0.25) is 4.79 Å². The van der Waals surface area contributed by atoms with E-state index in [9.17, 15) is 4.79 Å². The summed E-state index contributed by atoms with van der Waals surface area (Å²) in [4.78, 5) is 29.1. The fraction of sp³-hybridized carbons (Fsp3) is 0.560. The van der Waals surface area contributed by atoms with E-state index in [1.807, 2.05) is 17.0 Å². The first-order valence-corrected chi connectivity index (χ1v) is 12.9. The molecule has 2 aliphatic rings. The minimum atomic E-state index is 0.136. The lowest BCUT2D eigenvalue weighted by Gasteiger charge is -2.34. The maximum atomic E-state index is 12.8. The molecule has 2 aromatic rings. The molecule has 172 valence electrons. The highest BCUT2D eigenvalue weighted by Crippen LogP contribution is 2.27. The van der Waals surface area contributed by atoms with Crippen LogP contribution >= 0.6 is 11.8 Å². The van der Waals surface area contributed by atoms with Gasteiger partial charge in [-0.2, -0.15) is 0 Å². The van der Waals surface area contributed by atoms with Crippen molar-refractivity contribution in [2.75, 3.05) is 44.7 Å². The Balaban J connectivity index is 1.40. The Morgan fingerprint density at radius 1 is 1.06 bits per heavy atom. The Kier molecular flexibility index (Phi) is 7.68. The highest BCUT2D eigenvalue weighted by molar-refractivity contribution is 7.98. The first-order chi connectivity index (χ1) is 15.5. The number of thioether (sulfide) groups is 1. The molecule has 0 N–H and O–H groups in total.